The monoisotopic (exact) mass is 458 g/mol. The molecular formula is C21H17ClF2N6S. The number of hydrogen-bond donors (Lipinski definition) is 2. The van der Waals surface area contributed by atoms with Gasteiger partial charge in [-0.25, -0.2) is 23.7 Å². The summed E-state index contributed by atoms with van der Waals surface area (Å²) in [5, 5.41) is 4.37. The number of thiazole rings is 1. The van der Waals surface area contributed by atoms with Gasteiger partial charge in [0.15, 0.2) is 10.9 Å². The average Bonchev–Trinajstić information content (AvgIpc) is 3.13. The van der Waals surface area contributed by atoms with Crippen LogP contribution in [0.15, 0.2) is 18.2 Å². The van der Waals surface area contributed by atoms with Gasteiger partial charge in [0, 0.05) is 41.7 Å². The molecule has 2 atom stereocenters. The summed E-state index contributed by atoms with van der Waals surface area (Å²) < 4.78 is 30.5. The van der Waals surface area contributed by atoms with Gasteiger partial charge in [-0.15, -0.1) is 0 Å². The van der Waals surface area contributed by atoms with Crippen molar-refractivity contribution in [2.75, 3.05) is 23.7 Å². The Balaban J connectivity index is 1.61. The second-order valence-corrected chi connectivity index (χ2v) is 9.41. The van der Waals surface area contributed by atoms with Crippen molar-refractivity contribution >= 4 is 55.0 Å². The molecule has 158 valence electrons. The highest BCUT2D eigenvalue weighted by Gasteiger charge is 2.43. The number of aromatic nitrogens is 3. The van der Waals surface area contributed by atoms with Crippen molar-refractivity contribution in [3.05, 3.63) is 40.7 Å². The Morgan fingerprint density at radius 2 is 1.94 bits per heavy atom. The number of anilines is 2. The second-order valence-electron chi connectivity index (χ2n) is 7.97. The van der Waals surface area contributed by atoms with Gasteiger partial charge in [-0.05, 0) is 31.5 Å². The Bertz CT molecular complexity index is 1380. The van der Waals surface area contributed by atoms with Crippen molar-refractivity contribution in [3.8, 4) is 11.1 Å². The third-order valence-electron chi connectivity index (χ3n) is 6.09. The first-order valence-electron chi connectivity index (χ1n) is 9.92. The van der Waals surface area contributed by atoms with Crippen LogP contribution in [-0.2, 0) is 0 Å². The summed E-state index contributed by atoms with van der Waals surface area (Å²) in [7, 11) is 0. The molecule has 2 aliphatic rings. The molecule has 31 heavy (non-hydrogen) atoms. The number of halogens is 3. The summed E-state index contributed by atoms with van der Waals surface area (Å²) in [6, 6.07) is 5.12. The summed E-state index contributed by atoms with van der Waals surface area (Å²) in [4.78, 5) is 15.5. The lowest BCUT2D eigenvalue weighted by molar-refractivity contribution is 0.261. The van der Waals surface area contributed by atoms with E-state index in [2.05, 4.69) is 25.2 Å². The van der Waals surface area contributed by atoms with E-state index in [0.29, 0.717) is 34.7 Å². The van der Waals surface area contributed by atoms with Crippen LogP contribution in [0.3, 0.4) is 0 Å². The van der Waals surface area contributed by atoms with Gasteiger partial charge in [-0.3, -0.25) is 0 Å². The van der Waals surface area contributed by atoms with Gasteiger partial charge >= 0.3 is 0 Å². The molecular weight excluding hydrogens is 442 g/mol. The van der Waals surface area contributed by atoms with Crippen LogP contribution in [-0.4, -0.2) is 40.1 Å². The number of benzene rings is 2. The first-order chi connectivity index (χ1) is 14.9. The molecule has 0 aliphatic carbocycles. The fraction of sp³-hybridized carbons (Fsp3) is 0.286. The molecule has 2 fully saturated rings. The lowest BCUT2D eigenvalue weighted by Crippen LogP contribution is -2.68. The molecule has 2 aromatic heterocycles. The van der Waals surface area contributed by atoms with Gasteiger partial charge in [0.25, 0.3) is 0 Å². The number of rotatable bonds is 2. The van der Waals surface area contributed by atoms with Crippen molar-refractivity contribution in [1.82, 2.24) is 20.3 Å². The molecule has 6 nitrogen and oxygen atoms in total. The van der Waals surface area contributed by atoms with Crippen LogP contribution in [0.1, 0.15) is 12.2 Å². The predicted octanol–water partition coefficient (Wildman–Crippen LogP) is 4.28. The zero-order valence-corrected chi connectivity index (χ0v) is 18.0. The quantitative estimate of drug-likeness (QED) is 0.466. The molecule has 2 unspecified atom stereocenters. The normalized spacial score (nSPS) is 20.5. The Morgan fingerprint density at radius 3 is 2.68 bits per heavy atom. The Morgan fingerprint density at radius 1 is 1.16 bits per heavy atom. The molecule has 0 spiro atoms. The number of nitrogens with one attached hydrogen (secondary N) is 1. The number of fused-ring (bicyclic) bond motifs is 4. The van der Waals surface area contributed by atoms with Gasteiger partial charge in [0.1, 0.15) is 23.0 Å². The molecule has 2 bridgehead atoms. The Hall–Kier alpha value is -2.62. The van der Waals surface area contributed by atoms with E-state index in [-0.39, 0.29) is 31.5 Å². The standard InChI is InChI=1S/C21H17ClF2N6S/c1-8-27-17-12(20(28-8)30-9-4-10(30)7-26-6-9)5-13(22)15(16(17)24)11-2-3-14(23)19-18(11)29-21(25)31-19/h2-3,5,9-10,26H,4,6-7H2,1H3,(H2,25,29). The predicted molar refractivity (Wildman–Crippen MR) is 120 cm³/mol. The van der Waals surface area contributed by atoms with E-state index in [1.54, 1.807) is 13.0 Å². The van der Waals surface area contributed by atoms with Crippen LogP contribution < -0.4 is 16.0 Å². The molecule has 10 heteroatoms. The number of nitrogen functional groups attached to an aromatic ring is 1. The van der Waals surface area contributed by atoms with E-state index in [1.165, 1.54) is 12.1 Å². The molecule has 0 saturated carbocycles. The average molecular weight is 459 g/mol. The van der Waals surface area contributed by atoms with Crippen molar-refractivity contribution in [1.29, 1.82) is 0 Å². The lowest BCUT2D eigenvalue weighted by Gasteiger charge is -2.54. The third-order valence-corrected chi connectivity index (χ3v) is 7.28. The zero-order valence-electron chi connectivity index (χ0n) is 16.4. The molecule has 2 saturated heterocycles. The second kappa shape index (κ2) is 6.69. The minimum Gasteiger partial charge on any atom is -0.375 e. The molecule has 2 aromatic carbocycles. The van der Waals surface area contributed by atoms with Gasteiger partial charge in [-0.2, -0.15) is 0 Å². The number of piperidine rings is 1. The van der Waals surface area contributed by atoms with Gasteiger partial charge in [0.2, 0.25) is 0 Å². The Kier molecular flexibility index (Phi) is 4.12. The Labute approximate surface area is 185 Å². The van der Waals surface area contributed by atoms with Gasteiger partial charge in [0.05, 0.1) is 15.2 Å². The van der Waals surface area contributed by atoms with Crippen LogP contribution >= 0.6 is 22.9 Å². The topological polar surface area (TPSA) is 80.0 Å². The maximum Gasteiger partial charge on any atom is 0.181 e. The molecule has 0 radical (unpaired) electrons. The summed E-state index contributed by atoms with van der Waals surface area (Å²) in [5.41, 5.74) is 6.80. The number of nitrogens with zero attached hydrogens (tertiary/aromatic N) is 4. The van der Waals surface area contributed by atoms with Crippen molar-refractivity contribution in [2.24, 2.45) is 0 Å². The number of aryl methyl sites for hydroxylation is 1. The van der Waals surface area contributed by atoms with Crippen molar-refractivity contribution in [2.45, 2.75) is 25.4 Å². The molecule has 6 rings (SSSR count). The summed E-state index contributed by atoms with van der Waals surface area (Å²) in [5.74, 6) is 0.163. The fourth-order valence-corrected chi connectivity index (χ4v) is 5.81. The third kappa shape index (κ3) is 2.73. The van der Waals surface area contributed by atoms with Crippen LogP contribution in [0.25, 0.3) is 32.2 Å². The number of nitrogens with two attached hydrogens (primary N) is 1. The van der Waals surface area contributed by atoms with Crippen LogP contribution in [0.4, 0.5) is 19.7 Å². The molecule has 4 aromatic rings. The van der Waals surface area contributed by atoms with Crippen LogP contribution in [0.5, 0.6) is 0 Å². The molecule has 3 N–H and O–H groups in total. The summed E-state index contributed by atoms with van der Waals surface area (Å²) in [6.07, 6.45) is 1.09. The van der Waals surface area contributed by atoms with Gasteiger partial charge in [-0.1, -0.05) is 22.9 Å². The minimum absolute atomic E-state index is 0.138. The van der Waals surface area contributed by atoms with E-state index < -0.39 is 11.6 Å². The highest BCUT2D eigenvalue weighted by atomic mass is 35.5. The highest BCUT2D eigenvalue weighted by Crippen LogP contribution is 2.44. The van der Waals surface area contributed by atoms with Crippen molar-refractivity contribution < 1.29 is 8.78 Å². The van der Waals surface area contributed by atoms with E-state index in [0.717, 1.165) is 30.8 Å². The van der Waals surface area contributed by atoms with Crippen LogP contribution in [0.2, 0.25) is 5.02 Å². The van der Waals surface area contributed by atoms with E-state index in [9.17, 15) is 4.39 Å². The highest BCUT2D eigenvalue weighted by molar-refractivity contribution is 7.22. The van der Waals surface area contributed by atoms with E-state index in [1.807, 2.05) is 0 Å². The molecule has 0 amide bonds. The minimum atomic E-state index is -0.572. The van der Waals surface area contributed by atoms with Crippen LogP contribution in [0, 0.1) is 18.6 Å². The number of hydrogen-bond acceptors (Lipinski definition) is 7. The lowest BCUT2D eigenvalue weighted by atomic mass is 9.88. The largest absolute Gasteiger partial charge is 0.375 e. The SMILES string of the molecule is Cc1nc(N2C3CNCC2C3)c2cc(Cl)c(-c3ccc(F)c4sc(N)nc34)c(F)c2n1. The van der Waals surface area contributed by atoms with E-state index in [4.69, 9.17) is 17.3 Å². The maximum atomic E-state index is 15.9. The summed E-state index contributed by atoms with van der Waals surface area (Å²) >= 11 is 7.63. The van der Waals surface area contributed by atoms with E-state index >= 15 is 4.39 Å². The first kappa shape index (κ1) is 19.1. The molecule has 4 heterocycles. The fourth-order valence-electron chi connectivity index (χ4n) is 4.75. The first-order valence-corrected chi connectivity index (χ1v) is 11.1. The van der Waals surface area contributed by atoms with Crippen molar-refractivity contribution in [3.63, 3.8) is 0 Å². The molecule has 2 aliphatic heterocycles. The maximum absolute atomic E-state index is 15.9. The van der Waals surface area contributed by atoms with Gasteiger partial charge < -0.3 is 16.0 Å². The number of piperazine rings is 1. The zero-order chi connectivity index (χ0) is 21.4. The summed E-state index contributed by atoms with van der Waals surface area (Å²) in [6.45, 7) is 3.49. The smallest absolute Gasteiger partial charge is 0.181 e.